The first-order valence-electron chi connectivity index (χ1n) is 11.0. The maximum atomic E-state index is 12.1. The third-order valence-corrected chi connectivity index (χ3v) is 5.15. The minimum absolute atomic E-state index is 0. The Bertz CT molecular complexity index is 738. The first-order chi connectivity index (χ1) is 14.7. The molecule has 1 aliphatic heterocycles. The number of halogens is 1. The number of ether oxygens (including phenoxy) is 1. The van der Waals surface area contributed by atoms with Gasteiger partial charge in [-0.3, -0.25) is 9.89 Å². The van der Waals surface area contributed by atoms with E-state index in [2.05, 4.69) is 39.2 Å². The SMILES string of the molecule is C=CCN1CCC(NC(=NC)NCc2ccc(CN(C)C(=O)OC(C)(C)C)cc2)CC1.I. The molecule has 1 aliphatic rings. The van der Waals surface area contributed by atoms with Crippen LogP contribution >= 0.6 is 24.0 Å². The molecule has 1 amide bonds. The predicted molar refractivity (Wildman–Crippen MR) is 143 cm³/mol. The molecule has 0 radical (unpaired) electrons. The molecule has 1 fully saturated rings. The van der Waals surface area contributed by atoms with E-state index >= 15 is 0 Å². The largest absolute Gasteiger partial charge is 0.444 e. The Morgan fingerprint density at radius 1 is 1.25 bits per heavy atom. The van der Waals surface area contributed by atoms with E-state index in [0.29, 0.717) is 19.1 Å². The van der Waals surface area contributed by atoms with Crippen molar-refractivity contribution in [2.75, 3.05) is 33.7 Å². The number of piperidine rings is 1. The molecule has 0 aliphatic carbocycles. The Morgan fingerprint density at radius 2 is 1.84 bits per heavy atom. The summed E-state index contributed by atoms with van der Waals surface area (Å²) in [5.41, 5.74) is 1.73. The molecular formula is C24H40IN5O2. The van der Waals surface area contributed by atoms with Gasteiger partial charge in [0, 0.05) is 52.9 Å². The Balaban J connectivity index is 0.00000512. The van der Waals surface area contributed by atoms with Crippen molar-refractivity contribution in [1.29, 1.82) is 0 Å². The molecule has 8 heteroatoms. The van der Waals surface area contributed by atoms with Crippen molar-refractivity contribution < 1.29 is 9.53 Å². The lowest BCUT2D eigenvalue weighted by Gasteiger charge is -2.32. The quantitative estimate of drug-likeness (QED) is 0.230. The topological polar surface area (TPSA) is 69.2 Å². The zero-order valence-electron chi connectivity index (χ0n) is 20.2. The third kappa shape index (κ3) is 10.2. The van der Waals surface area contributed by atoms with Crippen LogP contribution in [0.2, 0.25) is 0 Å². The van der Waals surface area contributed by atoms with E-state index in [-0.39, 0.29) is 30.1 Å². The molecule has 2 N–H and O–H groups in total. The van der Waals surface area contributed by atoms with Gasteiger partial charge in [0.15, 0.2) is 5.96 Å². The van der Waals surface area contributed by atoms with Gasteiger partial charge < -0.3 is 20.3 Å². The van der Waals surface area contributed by atoms with Crippen LogP contribution in [0.25, 0.3) is 0 Å². The highest BCUT2D eigenvalue weighted by atomic mass is 127. The fourth-order valence-corrected chi connectivity index (χ4v) is 3.46. The van der Waals surface area contributed by atoms with Crippen molar-refractivity contribution in [2.45, 2.75) is 58.3 Å². The number of hydrogen-bond acceptors (Lipinski definition) is 4. The van der Waals surface area contributed by atoms with Crippen LogP contribution in [0.15, 0.2) is 41.9 Å². The van der Waals surface area contributed by atoms with Crippen molar-refractivity contribution in [2.24, 2.45) is 4.99 Å². The second-order valence-corrected chi connectivity index (χ2v) is 9.09. The van der Waals surface area contributed by atoms with Gasteiger partial charge in [-0.05, 0) is 44.7 Å². The number of likely N-dealkylation sites (tertiary alicyclic amines) is 1. The van der Waals surface area contributed by atoms with Gasteiger partial charge in [0.05, 0.1) is 0 Å². The molecule has 0 atom stereocenters. The Labute approximate surface area is 210 Å². The van der Waals surface area contributed by atoms with Crippen molar-refractivity contribution in [1.82, 2.24) is 20.4 Å². The fourth-order valence-electron chi connectivity index (χ4n) is 3.46. The number of carbonyl (C=O) groups excluding carboxylic acids is 1. The molecule has 7 nitrogen and oxygen atoms in total. The number of carbonyl (C=O) groups is 1. The number of guanidine groups is 1. The fraction of sp³-hybridized carbons (Fsp3) is 0.583. The van der Waals surface area contributed by atoms with Crippen LogP contribution in [0.4, 0.5) is 4.79 Å². The molecule has 0 bridgehead atoms. The van der Waals surface area contributed by atoms with Crippen LogP contribution in [0.1, 0.15) is 44.7 Å². The first-order valence-corrected chi connectivity index (χ1v) is 11.0. The van der Waals surface area contributed by atoms with Crippen molar-refractivity contribution >= 4 is 36.0 Å². The smallest absolute Gasteiger partial charge is 0.410 e. The van der Waals surface area contributed by atoms with E-state index in [0.717, 1.165) is 49.6 Å². The van der Waals surface area contributed by atoms with Gasteiger partial charge in [0.25, 0.3) is 0 Å². The van der Waals surface area contributed by atoms with E-state index in [1.165, 1.54) is 0 Å². The Morgan fingerprint density at radius 3 is 2.38 bits per heavy atom. The van der Waals surface area contributed by atoms with Gasteiger partial charge in [-0.25, -0.2) is 4.79 Å². The average molecular weight is 558 g/mol. The summed E-state index contributed by atoms with van der Waals surface area (Å²) < 4.78 is 5.40. The number of nitrogens with one attached hydrogen (secondary N) is 2. The van der Waals surface area contributed by atoms with Gasteiger partial charge in [-0.2, -0.15) is 0 Å². The van der Waals surface area contributed by atoms with Crippen LogP contribution in [-0.2, 0) is 17.8 Å². The summed E-state index contributed by atoms with van der Waals surface area (Å²) in [4.78, 5) is 20.5. The molecule has 0 aromatic heterocycles. The summed E-state index contributed by atoms with van der Waals surface area (Å²) in [6.45, 7) is 13.8. The Hall–Kier alpha value is -1.81. The second kappa shape index (κ2) is 13.7. The average Bonchev–Trinajstić information content (AvgIpc) is 2.72. The molecule has 1 heterocycles. The number of amides is 1. The van der Waals surface area contributed by atoms with Crippen LogP contribution in [0.5, 0.6) is 0 Å². The number of hydrogen-bond donors (Lipinski definition) is 2. The van der Waals surface area contributed by atoms with Gasteiger partial charge in [-0.15, -0.1) is 30.6 Å². The molecule has 2 rings (SSSR count). The van der Waals surface area contributed by atoms with E-state index in [9.17, 15) is 4.79 Å². The normalized spacial score (nSPS) is 15.5. The summed E-state index contributed by atoms with van der Waals surface area (Å²) in [5.74, 6) is 0.830. The van der Waals surface area contributed by atoms with Crippen molar-refractivity contribution in [3.63, 3.8) is 0 Å². The van der Waals surface area contributed by atoms with Gasteiger partial charge in [0.1, 0.15) is 5.60 Å². The summed E-state index contributed by atoms with van der Waals surface area (Å²) in [6, 6.07) is 8.68. The van der Waals surface area contributed by atoms with E-state index in [1.807, 2.05) is 39.0 Å². The highest BCUT2D eigenvalue weighted by Gasteiger charge is 2.20. The molecule has 0 spiro atoms. The predicted octanol–water partition coefficient (Wildman–Crippen LogP) is 3.99. The molecule has 180 valence electrons. The van der Waals surface area contributed by atoms with Gasteiger partial charge in [-0.1, -0.05) is 30.3 Å². The molecule has 1 aromatic rings. The monoisotopic (exact) mass is 557 g/mol. The summed E-state index contributed by atoms with van der Waals surface area (Å²) in [7, 11) is 3.55. The maximum absolute atomic E-state index is 12.1. The van der Waals surface area contributed by atoms with E-state index < -0.39 is 5.60 Å². The highest BCUT2D eigenvalue weighted by molar-refractivity contribution is 14.0. The second-order valence-electron chi connectivity index (χ2n) is 9.09. The Kier molecular flexibility index (Phi) is 12.1. The zero-order chi connectivity index (χ0) is 22.9. The summed E-state index contributed by atoms with van der Waals surface area (Å²) in [6.07, 6.45) is 3.86. The number of benzene rings is 1. The molecular weight excluding hydrogens is 517 g/mol. The van der Waals surface area contributed by atoms with E-state index in [1.54, 1.807) is 19.0 Å². The van der Waals surface area contributed by atoms with Crippen molar-refractivity contribution in [3.8, 4) is 0 Å². The highest BCUT2D eigenvalue weighted by Crippen LogP contribution is 2.13. The van der Waals surface area contributed by atoms with Crippen LogP contribution < -0.4 is 10.6 Å². The van der Waals surface area contributed by atoms with Gasteiger partial charge in [0.2, 0.25) is 0 Å². The van der Waals surface area contributed by atoms with Gasteiger partial charge >= 0.3 is 6.09 Å². The number of aliphatic imine (C=N–C) groups is 1. The lowest BCUT2D eigenvalue weighted by molar-refractivity contribution is 0.0285. The minimum Gasteiger partial charge on any atom is -0.444 e. The standard InChI is InChI=1S/C24H39N5O2.HI/c1-7-14-29-15-12-21(13-16-29)27-22(25-5)26-17-19-8-10-20(11-9-19)18-28(6)23(30)31-24(2,3)4;/h7-11,21H,1,12-18H2,2-6H3,(H2,25,26,27);1H. The molecule has 32 heavy (non-hydrogen) atoms. The van der Waals surface area contributed by atoms with E-state index in [4.69, 9.17) is 4.74 Å². The molecule has 1 saturated heterocycles. The third-order valence-electron chi connectivity index (χ3n) is 5.15. The first kappa shape index (κ1) is 28.2. The molecule has 0 unspecified atom stereocenters. The number of rotatable bonds is 7. The van der Waals surface area contributed by atoms with Crippen molar-refractivity contribution in [3.05, 3.63) is 48.0 Å². The number of nitrogens with zero attached hydrogens (tertiary/aromatic N) is 3. The zero-order valence-corrected chi connectivity index (χ0v) is 22.5. The van der Waals surface area contributed by atoms with Crippen LogP contribution in [0, 0.1) is 0 Å². The summed E-state index contributed by atoms with van der Waals surface area (Å²) >= 11 is 0. The maximum Gasteiger partial charge on any atom is 0.410 e. The minimum atomic E-state index is -0.490. The van der Waals surface area contributed by atoms with Crippen LogP contribution in [-0.4, -0.2) is 67.2 Å². The molecule has 1 aromatic carbocycles. The molecule has 0 saturated carbocycles. The van der Waals surface area contributed by atoms with Crippen LogP contribution in [0.3, 0.4) is 0 Å². The lowest BCUT2D eigenvalue weighted by Crippen LogP contribution is -2.48. The lowest BCUT2D eigenvalue weighted by atomic mass is 10.1. The summed E-state index contributed by atoms with van der Waals surface area (Å²) in [5, 5.41) is 6.93.